The van der Waals surface area contributed by atoms with E-state index in [1.807, 2.05) is 65.6 Å². The molecule has 2 aromatic carbocycles. The van der Waals surface area contributed by atoms with Crippen LogP contribution in [-0.2, 0) is 22.6 Å². The van der Waals surface area contributed by atoms with Crippen LogP contribution in [0.3, 0.4) is 0 Å². The molecule has 0 radical (unpaired) electrons. The van der Waals surface area contributed by atoms with E-state index in [4.69, 9.17) is 0 Å². The molecule has 2 aliphatic heterocycles. The minimum Gasteiger partial charge on any atom is -0.334 e. The summed E-state index contributed by atoms with van der Waals surface area (Å²) in [6.07, 6.45) is 5.24. The third kappa shape index (κ3) is 4.95. The van der Waals surface area contributed by atoms with E-state index in [0.29, 0.717) is 19.5 Å². The lowest BCUT2D eigenvalue weighted by molar-refractivity contribution is -0.189. The Labute approximate surface area is 212 Å². The lowest BCUT2D eigenvalue weighted by Crippen LogP contribution is -2.77. The normalized spacial score (nSPS) is 23.5. The number of carbonyl (C=O) groups excluding carboxylic acids is 3. The summed E-state index contributed by atoms with van der Waals surface area (Å²) in [5, 5.41) is 6.36. The number of nitrogens with zero attached hydrogens (tertiary/aromatic N) is 4. The molecule has 190 valence electrons. The number of hydrogen-bond donors (Lipinski definition) is 1. The summed E-state index contributed by atoms with van der Waals surface area (Å²) in [5.41, 5.74) is 2.01. The zero-order valence-corrected chi connectivity index (χ0v) is 20.9. The highest BCUT2D eigenvalue weighted by Gasteiger charge is 2.51. The number of rotatable bonds is 5. The third-order valence-electron chi connectivity index (χ3n) is 7.67. The number of hydrogen-bond acceptors (Lipinski definition) is 4. The highest BCUT2D eigenvalue weighted by molar-refractivity contribution is 5.91. The first kappa shape index (κ1) is 24.3. The fraction of sp³-hybridized carbons (Fsp3) is 0.464. The van der Waals surface area contributed by atoms with Crippen LogP contribution in [0.2, 0.25) is 0 Å². The van der Waals surface area contributed by atoms with Gasteiger partial charge in [-0.2, -0.15) is 0 Å². The highest BCUT2D eigenvalue weighted by Crippen LogP contribution is 2.32. The second kappa shape index (κ2) is 10.7. The van der Waals surface area contributed by atoms with Gasteiger partial charge in [0.2, 0.25) is 11.8 Å². The van der Waals surface area contributed by atoms with Crippen molar-refractivity contribution in [3.05, 3.63) is 71.8 Å². The number of nitrogens with one attached hydrogen (secondary N) is 1. The van der Waals surface area contributed by atoms with Crippen LogP contribution in [0.15, 0.2) is 60.7 Å². The summed E-state index contributed by atoms with van der Waals surface area (Å²) in [6, 6.07) is 18.9. The van der Waals surface area contributed by atoms with Crippen LogP contribution in [0.4, 0.5) is 4.79 Å². The van der Waals surface area contributed by atoms with Gasteiger partial charge in [0.05, 0.1) is 13.1 Å². The Balaban J connectivity index is 1.44. The lowest BCUT2D eigenvalue weighted by Gasteiger charge is -2.55. The molecule has 1 unspecified atom stereocenters. The lowest BCUT2D eigenvalue weighted by atomic mass is 9.91. The van der Waals surface area contributed by atoms with Crippen LogP contribution in [-0.4, -0.2) is 76.0 Å². The number of benzene rings is 2. The van der Waals surface area contributed by atoms with Gasteiger partial charge < -0.3 is 15.1 Å². The number of hydrazine groups is 1. The van der Waals surface area contributed by atoms with Gasteiger partial charge in [-0.15, -0.1) is 0 Å². The van der Waals surface area contributed by atoms with Crippen LogP contribution in [0.5, 0.6) is 0 Å². The molecule has 36 heavy (non-hydrogen) atoms. The summed E-state index contributed by atoms with van der Waals surface area (Å²) in [6.45, 7) is 0.782. The van der Waals surface area contributed by atoms with Gasteiger partial charge >= 0.3 is 6.03 Å². The quantitative estimate of drug-likeness (QED) is 0.701. The molecule has 0 spiro atoms. The van der Waals surface area contributed by atoms with Crippen molar-refractivity contribution in [3.8, 4) is 0 Å². The molecule has 2 heterocycles. The van der Waals surface area contributed by atoms with E-state index in [1.165, 1.54) is 6.42 Å². The molecule has 0 aromatic heterocycles. The molecule has 8 nitrogen and oxygen atoms in total. The molecular weight excluding hydrogens is 454 g/mol. The van der Waals surface area contributed by atoms with E-state index in [9.17, 15) is 14.4 Å². The number of urea groups is 1. The molecule has 3 fully saturated rings. The average molecular weight is 490 g/mol. The maximum absolute atomic E-state index is 13.9. The van der Waals surface area contributed by atoms with Gasteiger partial charge in [0.25, 0.3) is 0 Å². The van der Waals surface area contributed by atoms with Gasteiger partial charge in [0.1, 0.15) is 12.2 Å². The van der Waals surface area contributed by atoms with E-state index in [0.717, 1.165) is 36.8 Å². The molecule has 8 heteroatoms. The summed E-state index contributed by atoms with van der Waals surface area (Å²) >= 11 is 0. The molecule has 2 saturated heterocycles. The van der Waals surface area contributed by atoms with Crippen molar-refractivity contribution in [2.75, 3.05) is 20.1 Å². The predicted molar refractivity (Wildman–Crippen MR) is 136 cm³/mol. The van der Waals surface area contributed by atoms with Gasteiger partial charge in [-0.3, -0.25) is 9.59 Å². The minimum absolute atomic E-state index is 0.00421. The topological polar surface area (TPSA) is 76.2 Å². The molecule has 0 bridgehead atoms. The van der Waals surface area contributed by atoms with Crippen molar-refractivity contribution >= 4 is 17.8 Å². The maximum atomic E-state index is 13.9. The van der Waals surface area contributed by atoms with E-state index < -0.39 is 12.2 Å². The molecule has 4 amide bonds. The molecule has 1 aliphatic carbocycles. The van der Waals surface area contributed by atoms with Crippen LogP contribution in [0.1, 0.15) is 43.2 Å². The summed E-state index contributed by atoms with van der Waals surface area (Å²) in [7, 11) is 1.77. The van der Waals surface area contributed by atoms with Crippen molar-refractivity contribution in [1.29, 1.82) is 0 Å². The number of piperazine rings is 1. The smallest absolute Gasteiger partial charge is 0.334 e. The van der Waals surface area contributed by atoms with Crippen molar-refractivity contribution in [2.24, 2.45) is 0 Å². The Morgan fingerprint density at radius 3 is 2.22 bits per heavy atom. The first-order valence-corrected chi connectivity index (χ1v) is 13.0. The summed E-state index contributed by atoms with van der Waals surface area (Å²) < 4.78 is 0. The monoisotopic (exact) mass is 489 g/mol. The van der Waals surface area contributed by atoms with Crippen molar-refractivity contribution in [3.63, 3.8) is 0 Å². The minimum atomic E-state index is -0.626. The van der Waals surface area contributed by atoms with E-state index >= 15 is 0 Å². The Bertz CT molecular complexity index is 1070. The molecule has 2 atom stereocenters. The second-order valence-corrected chi connectivity index (χ2v) is 10.1. The van der Waals surface area contributed by atoms with Crippen molar-refractivity contribution < 1.29 is 14.4 Å². The first-order chi connectivity index (χ1) is 17.5. The highest BCUT2D eigenvalue weighted by atomic mass is 16.2. The van der Waals surface area contributed by atoms with Gasteiger partial charge in [-0.05, 0) is 24.0 Å². The fourth-order valence-corrected chi connectivity index (χ4v) is 5.88. The summed E-state index contributed by atoms with van der Waals surface area (Å²) in [4.78, 5) is 44.4. The Morgan fingerprint density at radius 2 is 1.56 bits per heavy atom. The van der Waals surface area contributed by atoms with E-state index in [1.54, 1.807) is 22.0 Å². The maximum Gasteiger partial charge on any atom is 0.334 e. The molecule has 3 aliphatic rings. The van der Waals surface area contributed by atoms with Crippen molar-refractivity contribution in [1.82, 2.24) is 25.1 Å². The van der Waals surface area contributed by atoms with Crippen LogP contribution in [0, 0.1) is 0 Å². The molecule has 1 N–H and O–H groups in total. The molecular formula is C28H35N5O3. The van der Waals surface area contributed by atoms with E-state index in [-0.39, 0.29) is 30.4 Å². The second-order valence-electron chi connectivity index (χ2n) is 10.1. The Hall–Kier alpha value is -3.39. The number of amides is 4. The fourth-order valence-electron chi connectivity index (χ4n) is 5.88. The average Bonchev–Trinajstić information content (AvgIpc) is 2.90. The largest absolute Gasteiger partial charge is 0.334 e. The number of fused-ring (bicyclic) bond motifs is 1. The van der Waals surface area contributed by atoms with Crippen LogP contribution >= 0.6 is 0 Å². The third-order valence-corrected chi connectivity index (χ3v) is 7.67. The Kier molecular flexibility index (Phi) is 7.23. The number of carbonyl (C=O) groups is 3. The predicted octanol–water partition coefficient (Wildman–Crippen LogP) is 3.00. The van der Waals surface area contributed by atoms with E-state index in [2.05, 4.69) is 5.32 Å². The zero-order chi connectivity index (χ0) is 25.1. The van der Waals surface area contributed by atoms with Gasteiger partial charge in [0.15, 0.2) is 0 Å². The first-order valence-electron chi connectivity index (χ1n) is 13.0. The molecule has 1 saturated carbocycles. The standard InChI is InChI=1S/C28H35N5O3/c1-30-20-26(34)32-24(17-21-11-5-2-6-12-21)27(35)31(23-15-9-4-10-16-23)19-25(32)33(30)28(36)29-18-22-13-7-3-8-14-22/h2-3,5-8,11-14,23-25H,4,9-10,15-20H2,1H3,(H,29,36)/t24-,25?/m0/s1. The Morgan fingerprint density at radius 1 is 0.917 bits per heavy atom. The number of likely N-dealkylation sites (N-methyl/N-ethyl adjacent to an activating group) is 1. The van der Waals surface area contributed by atoms with Gasteiger partial charge in [-0.25, -0.2) is 14.8 Å². The van der Waals surface area contributed by atoms with Gasteiger partial charge in [0, 0.05) is 26.1 Å². The summed E-state index contributed by atoms with van der Waals surface area (Å²) in [5.74, 6) is -0.114. The SMILES string of the molecule is CN1CC(=O)N2C(CN(C3CCCCC3)C(=O)[C@@H]2Cc2ccccc2)N1C(=O)NCc1ccccc1. The molecule has 5 rings (SSSR count). The van der Waals surface area contributed by atoms with Crippen molar-refractivity contribution in [2.45, 2.75) is 63.3 Å². The van der Waals surface area contributed by atoms with Crippen LogP contribution < -0.4 is 5.32 Å². The molecule has 2 aromatic rings. The van der Waals surface area contributed by atoms with Crippen LogP contribution in [0.25, 0.3) is 0 Å². The zero-order valence-electron chi connectivity index (χ0n) is 20.9. The van der Waals surface area contributed by atoms with Gasteiger partial charge in [-0.1, -0.05) is 79.9 Å².